The molecule has 3 rings (SSSR count). The van der Waals surface area contributed by atoms with E-state index in [1.807, 2.05) is 73.0 Å². The monoisotopic (exact) mass is 365 g/mol. The molecule has 3 aromatic rings. The van der Waals surface area contributed by atoms with E-state index in [-0.39, 0.29) is 10.6 Å². The minimum Gasteiger partial charge on any atom is -0.351 e. The van der Waals surface area contributed by atoms with Gasteiger partial charge in [0.15, 0.2) is 0 Å². The summed E-state index contributed by atoms with van der Waals surface area (Å²) in [4.78, 5) is 23.9. The lowest BCUT2D eigenvalue weighted by Crippen LogP contribution is -2.26. The Balaban J connectivity index is 2.24. The summed E-state index contributed by atoms with van der Waals surface area (Å²) < 4.78 is 0. The third-order valence-electron chi connectivity index (χ3n) is 4.66. The molecule has 0 aliphatic heterocycles. The fraction of sp³-hybridized carbons (Fsp3) is 0.300. The number of nitrogens with zero attached hydrogens (tertiary/aromatic N) is 5. The van der Waals surface area contributed by atoms with Crippen molar-refractivity contribution >= 4 is 33.8 Å². The maximum Gasteiger partial charge on any atom is 0.353 e. The van der Waals surface area contributed by atoms with E-state index in [4.69, 9.17) is 0 Å². The van der Waals surface area contributed by atoms with Gasteiger partial charge in [-0.2, -0.15) is 0 Å². The van der Waals surface area contributed by atoms with E-state index in [9.17, 15) is 10.1 Å². The number of anilines is 3. The topological polar surface area (TPSA) is 75.4 Å². The molecule has 7 nitrogen and oxygen atoms in total. The molecule has 0 radical (unpaired) electrons. The largest absolute Gasteiger partial charge is 0.353 e. The van der Waals surface area contributed by atoms with Gasteiger partial charge in [0, 0.05) is 25.0 Å². The lowest BCUT2D eigenvalue weighted by atomic mass is 10.1. The maximum atomic E-state index is 12.0. The van der Waals surface area contributed by atoms with Crippen molar-refractivity contribution in [2.45, 2.75) is 20.8 Å². The smallest absolute Gasteiger partial charge is 0.351 e. The molecule has 27 heavy (non-hydrogen) atoms. The van der Waals surface area contributed by atoms with E-state index in [1.54, 1.807) is 0 Å². The second kappa shape index (κ2) is 7.99. The molecule has 0 spiro atoms. The van der Waals surface area contributed by atoms with Crippen LogP contribution in [0.1, 0.15) is 20.8 Å². The minimum absolute atomic E-state index is 0.0593. The summed E-state index contributed by atoms with van der Waals surface area (Å²) in [6, 6.07) is 14.0. The SMILES string of the molecule is CCN(CC)c1ncnc(N(CC)c2cccc3ccccc23)c1[N+](=O)[O-]. The maximum absolute atomic E-state index is 12.0. The standard InChI is InChI=1S/C20H23N5O2/c1-4-23(5-2)19-18(25(26)27)20(22-14-21-19)24(6-3)17-13-9-11-15-10-7-8-12-16(15)17/h7-14H,4-6H2,1-3H3. The lowest BCUT2D eigenvalue weighted by Gasteiger charge is -2.26. The molecule has 0 bridgehead atoms. The third kappa shape index (κ3) is 3.40. The van der Waals surface area contributed by atoms with Gasteiger partial charge in [0.2, 0.25) is 11.6 Å². The number of hydrogen-bond donors (Lipinski definition) is 0. The first-order valence-electron chi connectivity index (χ1n) is 9.11. The molecule has 0 fully saturated rings. The van der Waals surface area contributed by atoms with Crippen LogP contribution in [0.2, 0.25) is 0 Å². The van der Waals surface area contributed by atoms with Crippen LogP contribution in [-0.2, 0) is 0 Å². The quantitative estimate of drug-likeness (QED) is 0.452. The molecule has 0 unspecified atom stereocenters. The zero-order chi connectivity index (χ0) is 19.4. The highest BCUT2D eigenvalue weighted by molar-refractivity contribution is 5.96. The summed E-state index contributed by atoms with van der Waals surface area (Å²) in [6.07, 6.45) is 1.41. The minimum atomic E-state index is -0.378. The number of hydrogen-bond acceptors (Lipinski definition) is 6. The first-order valence-corrected chi connectivity index (χ1v) is 9.11. The van der Waals surface area contributed by atoms with Crippen molar-refractivity contribution in [3.8, 4) is 0 Å². The van der Waals surface area contributed by atoms with Gasteiger partial charge in [-0.05, 0) is 32.2 Å². The number of benzene rings is 2. The van der Waals surface area contributed by atoms with Crippen LogP contribution in [0.25, 0.3) is 10.8 Å². The van der Waals surface area contributed by atoms with Crippen molar-refractivity contribution in [2.75, 3.05) is 29.4 Å². The van der Waals surface area contributed by atoms with Gasteiger partial charge in [0.25, 0.3) is 0 Å². The van der Waals surface area contributed by atoms with E-state index in [2.05, 4.69) is 9.97 Å². The third-order valence-corrected chi connectivity index (χ3v) is 4.66. The Kier molecular flexibility index (Phi) is 5.49. The van der Waals surface area contributed by atoms with Crippen molar-refractivity contribution in [2.24, 2.45) is 0 Å². The molecule has 0 N–H and O–H groups in total. The van der Waals surface area contributed by atoms with Crippen LogP contribution >= 0.6 is 0 Å². The molecular weight excluding hydrogens is 342 g/mol. The molecule has 0 atom stereocenters. The fourth-order valence-corrected chi connectivity index (χ4v) is 3.35. The average molecular weight is 365 g/mol. The van der Waals surface area contributed by atoms with Crippen molar-refractivity contribution in [1.82, 2.24) is 9.97 Å². The Morgan fingerprint density at radius 3 is 2.26 bits per heavy atom. The lowest BCUT2D eigenvalue weighted by molar-refractivity contribution is -0.383. The van der Waals surface area contributed by atoms with E-state index < -0.39 is 0 Å². The highest BCUT2D eigenvalue weighted by Crippen LogP contribution is 2.39. The predicted molar refractivity (Wildman–Crippen MR) is 109 cm³/mol. The molecule has 0 aliphatic rings. The van der Waals surface area contributed by atoms with E-state index in [0.717, 1.165) is 16.5 Å². The van der Waals surface area contributed by atoms with Crippen LogP contribution in [0.5, 0.6) is 0 Å². The highest BCUT2D eigenvalue weighted by atomic mass is 16.6. The van der Waals surface area contributed by atoms with Gasteiger partial charge < -0.3 is 9.80 Å². The number of aromatic nitrogens is 2. The van der Waals surface area contributed by atoms with Crippen molar-refractivity contribution in [1.29, 1.82) is 0 Å². The zero-order valence-electron chi connectivity index (χ0n) is 15.8. The first-order chi connectivity index (χ1) is 13.1. The van der Waals surface area contributed by atoms with Gasteiger partial charge in [-0.15, -0.1) is 0 Å². The predicted octanol–water partition coefficient (Wildman–Crippen LogP) is 4.54. The summed E-state index contributed by atoms with van der Waals surface area (Å²) in [6.45, 7) is 7.69. The van der Waals surface area contributed by atoms with Crippen LogP contribution < -0.4 is 9.80 Å². The second-order valence-electron chi connectivity index (χ2n) is 6.04. The van der Waals surface area contributed by atoms with Gasteiger partial charge in [0.05, 0.1) is 10.6 Å². The van der Waals surface area contributed by atoms with Gasteiger partial charge >= 0.3 is 5.69 Å². The van der Waals surface area contributed by atoms with E-state index in [0.29, 0.717) is 31.3 Å². The average Bonchev–Trinajstić information content (AvgIpc) is 2.69. The molecule has 140 valence electrons. The highest BCUT2D eigenvalue weighted by Gasteiger charge is 2.29. The van der Waals surface area contributed by atoms with Gasteiger partial charge in [-0.1, -0.05) is 36.4 Å². The number of fused-ring (bicyclic) bond motifs is 1. The molecule has 0 aliphatic carbocycles. The molecule has 1 heterocycles. The number of nitro groups is 1. The first kappa shape index (κ1) is 18.6. The fourth-order valence-electron chi connectivity index (χ4n) is 3.35. The van der Waals surface area contributed by atoms with Crippen molar-refractivity contribution in [3.63, 3.8) is 0 Å². The summed E-state index contributed by atoms with van der Waals surface area (Å²) in [5.74, 6) is 0.671. The van der Waals surface area contributed by atoms with Crippen LogP contribution in [0.15, 0.2) is 48.8 Å². The van der Waals surface area contributed by atoms with Gasteiger partial charge in [-0.25, -0.2) is 9.97 Å². The summed E-state index contributed by atoms with van der Waals surface area (Å²) in [7, 11) is 0. The van der Waals surface area contributed by atoms with Crippen LogP contribution in [0.4, 0.5) is 23.0 Å². The Hall–Kier alpha value is -3.22. The summed E-state index contributed by atoms with van der Waals surface area (Å²) in [5.41, 5.74) is 0.832. The summed E-state index contributed by atoms with van der Waals surface area (Å²) >= 11 is 0. The molecule has 0 saturated carbocycles. The van der Waals surface area contributed by atoms with Crippen LogP contribution in [0, 0.1) is 10.1 Å². The normalized spacial score (nSPS) is 10.8. The van der Waals surface area contributed by atoms with Crippen LogP contribution in [-0.4, -0.2) is 34.5 Å². The second-order valence-corrected chi connectivity index (χ2v) is 6.04. The number of rotatable bonds is 7. The Bertz CT molecular complexity index is 951. The van der Waals surface area contributed by atoms with E-state index >= 15 is 0 Å². The van der Waals surface area contributed by atoms with E-state index in [1.165, 1.54) is 6.33 Å². The van der Waals surface area contributed by atoms with Crippen molar-refractivity contribution in [3.05, 3.63) is 58.9 Å². The Labute approximate surface area is 158 Å². The molecule has 1 aromatic heterocycles. The molecular formula is C20H23N5O2. The summed E-state index contributed by atoms with van der Waals surface area (Å²) in [5, 5.41) is 14.1. The zero-order valence-corrected chi connectivity index (χ0v) is 15.8. The molecule has 7 heteroatoms. The Morgan fingerprint density at radius 2 is 1.59 bits per heavy atom. The van der Waals surface area contributed by atoms with Crippen LogP contribution in [0.3, 0.4) is 0 Å². The Morgan fingerprint density at radius 1 is 0.926 bits per heavy atom. The molecule has 0 amide bonds. The molecule has 2 aromatic carbocycles. The van der Waals surface area contributed by atoms with Gasteiger partial charge in [0.1, 0.15) is 6.33 Å². The van der Waals surface area contributed by atoms with Gasteiger partial charge in [-0.3, -0.25) is 10.1 Å². The van der Waals surface area contributed by atoms with Crippen molar-refractivity contribution < 1.29 is 4.92 Å². The molecule has 0 saturated heterocycles.